The number of rotatable bonds is 8. The van der Waals surface area contributed by atoms with E-state index >= 15 is 0 Å². The Balaban J connectivity index is 1.70. The number of hydrogen-bond acceptors (Lipinski definition) is 4. The van der Waals surface area contributed by atoms with Gasteiger partial charge in [-0.25, -0.2) is 4.39 Å². The normalized spacial score (nSPS) is 12.2. The Morgan fingerprint density at radius 3 is 2.45 bits per heavy atom. The van der Waals surface area contributed by atoms with Gasteiger partial charge < -0.3 is 9.84 Å². The lowest BCUT2D eigenvalue weighted by Gasteiger charge is -2.15. The molecule has 1 N–H and O–H groups in total. The van der Waals surface area contributed by atoms with Crippen LogP contribution < -0.4 is 4.74 Å². The molecule has 0 unspecified atom stereocenters. The molecule has 2 aromatic carbocycles. The van der Waals surface area contributed by atoms with Crippen molar-refractivity contribution < 1.29 is 14.2 Å². The minimum Gasteiger partial charge on any atom is -0.497 e. The van der Waals surface area contributed by atoms with Crippen LogP contribution in [0.25, 0.3) is 11.3 Å². The number of methoxy groups -OCH3 is 1. The first-order valence-corrected chi connectivity index (χ1v) is 11.2. The fourth-order valence-corrected chi connectivity index (χ4v) is 4.04. The van der Waals surface area contributed by atoms with Crippen molar-refractivity contribution in [2.45, 2.75) is 39.5 Å². The SMILES string of the molecule is CCc1cc(Cn2nc(Cl)cc2-c2ccc(F)cc2[C@@H](C)O)n(Cc2ccc(OC)cc2)n1. The van der Waals surface area contributed by atoms with Gasteiger partial charge in [-0.05, 0) is 60.9 Å². The average Bonchev–Trinajstić information content (AvgIpc) is 3.36. The molecule has 0 aliphatic rings. The molecule has 1 atom stereocenters. The van der Waals surface area contributed by atoms with Crippen LogP contribution in [0.1, 0.15) is 42.5 Å². The molecule has 33 heavy (non-hydrogen) atoms. The second kappa shape index (κ2) is 9.77. The first-order valence-electron chi connectivity index (χ1n) is 10.8. The summed E-state index contributed by atoms with van der Waals surface area (Å²) in [7, 11) is 1.64. The number of halogens is 2. The van der Waals surface area contributed by atoms with Crippen LogP contribution in [0.15, 0.2) is 54.6 Å². The lowest BCUT2D eigenvalue weighted by molar-refractivity contribution is 0.199. The molecule has 0 radical (unpaired) electrons. The third kappa shape index (κ3) is 5.10. The highest BCUT2D eigenvalue weighted by atomic mass is 35.5. The number of aromatic nitrogens is 4. The summed E-state index contributed by atoms with van der Waals surface area (Å²) in [5.41, 5.74) is 4.90. The Bertz CT molecular complexity index is 1250. The Labute approximate surface area is 197 Å². The predicted octanol–water partition coefficient (Wildman–Crippen LogP) is 5.26. The van der Waals surface area contributed by atoms with Crippen molar-refractivity contribution in [1.82, 2.24) is 19.6 Å². The number of ether oxygens (including phenoxy) is 1. The van der Waals surface area contributed by atoms with E-state index in [1.54, 1.807) is 30.8 Å². The van der Waals surface area contributed by atoms with Crippen molar-refractivity contribution >= 4 is 11.6 Å². The van der Waals surface area contributed by atoms with Crippen molar-refractivity contribution in [2.75, 3.05) is 7.11 Å². The largest absolute Gasteiger partial charge is 0.497 e. The fraction of sp³-hybridized carbons (Fsp3) is 0.280. The van der Waals surface area contributed by atoms with Crippen LogP contribution in [0.4, 0.5) is 4.39 Å². The zero-order valence-electron chi connectivity index (χ0n) is 18.8. The highest BCUT2D eigenvalue weighted by Crippen LogP contribution is 2.31. The molecule has 2 aromatic heterocycles. The van der Waals surface area contributed by atoms with Gasteiger partial charge in [0, 0.05) is 11.6 Å². The van der Waals surface area contributed by atoms with Crippen LogP contribution in [-0.4, -0.2) is 31.8 Å². The summed E-state index contributed by atoms with van der Waals surface area (Å²) in [6.07, 6.45) is -0.0375. The van der Waals surface area contributed by atoms with Gasteiger partial charge in [0.2, 0.25) is 0 Å². The number of aryl methyl sites for hydroxylation is 1. The van der Waals surface area contributed by atoms with Crippen molar-refractivity contribution in [2.24, 2.45) is 0 Å². The topological polar surface area (TPSA) is 65.1 Å². The van der Waals surface area contributed by atoms with Crippen LogP contribution >= 0.6 is 11.6 Å². The van der Waals surface area contributed by atoms with Crippen molar-refractivity contribution in [1.29, 1.82) is 0 Å². The summed E-state index contributed by atoms with van der Waals surface area (Å²) in [6, 6.07) is 16.0. The van der Waals surface area contributed by atoms with E-state index in [4.69, 9.17) is 21.4 Å². The zero-order chi connectivity index (χ0) is 23.5. The van der Waals surface area contributed by atoms with Crippen LogP contribution in [0.2, 0.25) is 5.15 Å². The zero-order valence-corrected chi connectivity index (χ0v) is 19.6. The Morgan fingerprint density at radius 1 is 1.03 bits per heavy atom. The summed E-state index contributed by atoms with van der Waals surface area (Å²) in [6.45, 7) is 4.69. The fourth-order valence-electron chi connectivity index (χ4n) is 3.84. The number of nitrogens with zero attached hydrogens (tertiary/aromatic N) is 4. The van der Waals surface area contributed by atoms with E-state index in [2.05, 4.69) is 18.1 Å². The molecule has 8 heteroatoms. The number of aliphatic hydroxyl groups excluding tert-OH is 1. The van der Waals surface area contributed by atoms with Gasteiger partial charge in [-0.2, -0.15) is 10.2 Å². The van der Waals surface area contributed by atoms with Crippen LogP contribution in [0, 0.1) is 5.82 Å². The molecule has 0 amide bonds. The van der Waals surface area contributed by atoms with Gasteiger partial charge in [0.15, 0.2) is 5.15 Å². The van der Waals surface area contributed by atoms with Crippen LogP contribution in [0.5, 0.6) is 5.75 Å². The van der Waals surface area contributed by atoms with Gasteiger partial charge in [-0.15, -0.1) is 0 Å². The highest BCUT2D eigenvalue weighted by molar-refractivity contribution is 6.29. The third-order valence-corrected chi connectivity index (χ3v) is 5.75. The minimum atomic E-state index is -0.842. The van der Waals surface area contributed by atoms with Gasteiger partial charge in [0.25, 0.3) is 0 Å². The van der Waals surface area contributed by atoms with E-state index in [1.165, 1.54) is 12.1 Å². The molecular formula is C25H26ClFN4O2. The second-order valence-electron chi connectivity index (χ2n) is 7.90. The molecular weight excluding hydrogens is 443 g/mol. The van der Waals surface area contributed by atoms with Gasteiger partial charge in [0.1, 0.15) is 11.6 Å². The lowest BCUT2D eigenvalue weighted by atomic mass is 10.0. The highest BCUT2D eigenvalue weighted by Gasteiger charge is 2.18. The van der Waals surface area contributed by atoms with E-state index in [0.29, 0.717) is 35.1 Å². The Morgan fingerprint density at radius 2 is 1.79 bits per heavy atom. The summed E-state index contributed by atoms with van der Waals surface area (Å²) in [4.78, 5) is 0. The molecule has 4 rings (SSSR count). The molecule has 4 aromatic rings. The van der Waals surface area contributed by atoms with Crippen LogP contribution in [-0.2, 0) is 19.5 Å². The molecule has 0 aliphatic heterocycles. The van der Waals surface area contributed by atoms with Gasteiger partial charge in [-0.3, -0.25) is 9.36 Å². The first kappa shape index (κ1) is 23.0. The monoisotopic (exact) mass is 468 g/mol. The molecule has 0 aliphatic carbocycles. The minimum absolute atomic E-state index is 0.322. The third-order valence-electron chi connectivity index (χ3n) is 5.57. The van der Waals surface area contributed by atoms with E-state index in [1.807, 2.05) is 28.9 Å². The molecule has 0 spiro atoms. The van der Waals surface area contributed by atoms with E-state index in [0.717, 1.165) is 29.1 Å². The number of hydrogen-bond donors (Lipinski definition) is 1. The van der Waals surface area contributed by atoms with Gasteiger partial charge in [-0.1, -0.05) is 30.7 Å². The molecule has 2 heterocycles. The molecule has 0 saturated carbocycles. The summed E-state index contributed by atoms with van der Waals surface area (Å²) in [5, 5.41) is 19.7. The van der Waals surface area contributed by atoms with E-state index in [-0.39, 0.29) is 0 Å². The first-order chi connectivity index (χ1) is 15.9. The summed E-state index contributed by atoms with van der Waals surface area (Å²) in [5.74, 6) is 0.398. The Hall–Kier alpha value is -3.16. The molecule has 0 fully saturated rings. The number of benzene rings is 2. The number of aliphatic hydroxyl groups is 1. The van der Waals surface area contributed by atoms with E-state index < -0.39 is 11.9 Å². The quantitative estimate of drug-likeness (QED) is 0.383. The van der Waals surface area contributed by atoms with Gasteiger partial charge in [0.05, 0.1) is 43.4 Å². The second-order valence-corrected chi connectivity index (χ2v) is 8.29. The molecule has 172 valence electrons. The molecule has 0 saturated heterocycles. The predicted molar refractivity (Wildman–Crippen MR) is 126 cm³/mol. The molecule has 0 bridgehead atoms. The van der Waals surface area contributed by atoms with Gasteiger partial charge >= 0.3 is 0 Å². The smallest absolute Gasteiger partial charge is 0.151 e. The van der Waals surface area contributed by atoms with Crippen molar-refractivity contribution in [3.63, 3.8) is 0 Å². The van der Waals surface area contributed by atoms with Crippen molar-refractivity contribution in [3.05, 3.63) is 88.1 Å². The van der Waals surface area contributed by atoms with Crippen LogP contribution in [0.3, 0.4) is 0 Å². The summed E-state index contributed by atoms with van der Waals surface area (Å²) < 4.78 is 22.8. The van der Waals surface area contributed by atoms with Crippen molar-refractivity contribution in [3.8, 4) is 17.0 Å². The maximum Gasteiger partial charge on any atom is 0.151 e. The summed E-state index contributed by atoms with van der Waals surface area (Å²) >= 11 is 6.27. The Kier molecular flexibility index (Phi) is 6.81. The standard InChI is InChI=1S/C25H26ClFN4O2/c1-4-19-12-20(30(28-19)14-17-5-8-21(33-3)9-6-17)15-31-24(13-25(26)29-31)22-10-7-18(27)11-23(22)16(2)32/h5-13,16,32H,4,14-15H2,1-3H3/t16-/m1/s1. The molecule has 6 nitrogen and oxygen atoms in total. The lowest BCUT2D eigenvalue weighted by Crippen LogP contribution is -2.12. The maximum absolute atomic E-state index is 13.8. The average molecular weight is 469 g/mol. The maximum atomic E-state index is 13.8. The van der Waals surface area contributed by atoms with E-state index in [9.17, 15) is 9.50 Å².